The summed E-state index contributed by atoms with van der Waals surface area (Å²) in [6, 6.07) is 13.2. The van der Waals surface area contributed by atoms with E-state index in [9.17, 15) is 4.79 Å². The largest absolute Gasteiger partial charge is 0.493 e. The summed E-state index contributed by atoms with van der Waals surface area (Å²) in [5, 5.41) is 3.31. The van der Waals surface area contributed by atoms with E-state index in [1.165, 1.54) is 0 Å². The van der Waals surface area contributed by atoms with Gasteiger partial charge < -0.3 is 25.4 Å². The fourth-order valence-electron chi connectivity index (χ4n) is 2.84. The molecule has 0 radical (unpaired) electrons. The molecule has 0 atom stereocenters. The molecule has 0 spiro atoms. The van der Waals surface area contributed by atoms with Crippen molar-refractivity contribution in [1.82, 2.24) is 10.2 Å². The molecule has 0 aromatic heterocycles. The third-order valence-electron chi connectivity index (χ3n) is 4.42. The van der Waals surface area contributed by atoms with Gasteiger partial charge in [0.05, 0.1) is 14.2 Å². The van der Waals surface area contributed by atoms with Crippen LogP contribution in [0.5, 0.6) is 11.5 Å². The highest BCUT2D eigenvalue weighted by Gasteiger charge is 2.09. The smallest absolute Gasteiger partial charge is 0.248 e. The van der Waals surface area contributed by atoms with Crippen molar-refractivity contribution in [2.24, 2.45) is 10.7 Å². The number of rotatable bonds is 8. The number of hydrogen-bond donors (Lipinski definition) is 2. The number of likely N-dealkylation sites (N-methyl/N-ethyl adjacent to an activating group) is 1. The zero-order valence-electron chi connectivity index (χ0n) is 16.9. The Kier molecular flexibility index (Phi) is 7.68. The predicted molar refractivity (Wildman–Crippen MR) is 111 cm³/mol. The van der Waals surface area contributed by atoms with Crippen molar-refractivity contribution in [3.05, 3.63) is 59.2 Å². The zero-order chi connectivity index (χ0) is 20.5. The molecule has 7 heteroatoms. The van der Waals surface area contributed by atoms with E-state index in [4.69, 9.17) is 15.2 Å². The minimum Gasteiger partial charge on any atom is -0.493 e. The summed E-state index contributed by atoms with van der Waals surface area (Å²) in [7, 11) is 6.98. The number of nitrogens with two attached hydrogens (primary N) is 1. The van der Waals surface area contributed by atoms with Gasteiger partial charge in [0.25, 0.3) is 0 Å². The molecule has 0 heterocycles. The molecular formula is C21H28N4O3. The zero-order valence-corrected chi connectivity index (χ0v) is 16.9. The lowest BCUT2D eigenvalue weighted by Gasteiger charge is -2.22. The molecule has 3 N–H and O–H groups in total. The van der Waals surface area contributed by atoms with Crippen molar-refractivity contribution in [3.63, 3.8) is 0 Å². The lowest BCUT2D eigenvalue weighted by atomic mass is 10.1. The summed E-state index contributed by atoms with van der Waals surface area (Å²) in [5.41, 5.74) is 7.95. The number of carbonyl (C=O) groups excluding carboxylic acids is 1. The van der Waals surface area contributed by atoms with Crippen molar-refractivity contribution in [2.45, 2.75) is 13.0 Å². The molecule has 2 aromatic carbocycles. The van der Waals surface area contributed by atoms with Crippen molar-refractivity contribution in [3.8, 4) is 11.5 Å². The summed E-state index contributed by atoms with van der Waals surface area (Å²) in [6.45, 7) is 1.32. The molecule has 0 bridgehead atoms. The fourth-order valence-corrected chi connectivity index (χ4v) is 2.84. The van der Waals surface area contributed by atoms with Crippen LogP contribution in [0, 0.1) is 0 Å². The summed E-state index contributed by atoms with van der Waals surface area (Å²) in [6.07, 6.45) is 0.828. The van der Waals surface area contributed by atoms with Gasteiger partial charge in [-0.3, -0.25) is 9.79 Å². The first-order valence-corrected chi connectivity index (χ1v) is 9.00. The number of carbonyl (C=O) groups is 1. The van der Waals surface area contributed by atoms with Gasteiger partial charge in [-0.25, -0.2) is 0 Å². The van der Waals surface area contributed by atoms with Crippen LogP contribution in [0.4, 0.5) is 0 Å². The molecule has 0 saturated heterocycles. The van der Waals surface area contributed by atoms with Crippen LogP contribution in [0.15, 0.2) is 47.5 Å². The number of hydrogen-bond acceptors (Lipinski definition) is 4. The minimum absolute atomic E-state index is 0.432. The first-order valence-electron chi connectivity index (χ1n) is 9.00. The Hall–Kier alpha value is -3.22. The molecule has 0 unspecified atom stereocenters. The van der Waals surface area contributed by atoms with Gasteiger partial charge in [0.15, 0.2) is 17.5 Å². The Bertz CT molecular complexity index is 836. The van der Waals surface area contributed by atoms with Gasteiger partial charge >= 0.3 is 0 Å². The highest BCUT2D eigenvalue weighted by atomic mass is 16.5. The SMILES string of the molecule is CN=C(NCc1cccc(C(N)=O)c1)N(C)CCc1ccc(OC)c(OC)c1. The topological polar surface area (TPSA) is 89.2 Å². The van der Waals surface area contributed by atoms with Gasteiger partial charge in [-0.15, -0.1) is 0 Å². The number of methoxy groups -OCH3 is 2. The van der Waals surface area contributed by atoms with Gasteiger partial charge in [-0.1, -0.05) is 18.2 Å². The van der Waals surface area contributed by atoms with E-state index >= 15 is 0 Å². The lowest BCUT2D eigenvalue weighted by Crippen LogP contribution is -2.39. The molecule has 150 valence electrons. The van der Waals surface area contributed by atoms with Crippen LogP contribution in [0.3, 0.4) is 0 Å². The van der Waals surface area contributed by atoms with Crippen LogP contribution < -0.4 is 20.5 Å². The summed E-state index contributed by atoms with van der Waals surface area (Å²) in [5.74, 6) is 1.78. The second-order valence-electron chi connectivity index (χ2n) is 6.33. The molecule has 0 aliphatic heterocycles. The van der Waals surface area contributed by atoms with Crippen molar-refractivity contribution >= 4 is 11.9 Å². The Morgan fingerprint density at radius 1 is 1.11 bits per heavy atom. The number of guanidine groups is 1. The number of ether oxygens (including phenoxy) is 2. The van der Waals surface area contributed by atoms with E-state index in [0.29, 0.717) is 12.1 Å². The van der Waals surface area contributed by atoms with Crippen LogP contribution in [-0.4, -0.2) is 51.6 Å². The number of amides is 1. The quantitative estimate of drug-likeness (QED) is 0.537. The fraction of sp³-hybridized carbons (Fsp3) is 0.333. The van der Waals surface area contributed by atoms with Gasteiger partial charge in [0.2, 0.25) is 5.91 Å². The molecule has 7 nitrogen and oxygen atoms in total. The van der Waals surface area contributed by atoms with E-state index in [-0.39, 0.29) is 0 Å². The average Bonchev–Trinajstić information content (AvgIpc) is 2.72. The molecule has 28 heavy (non-hydrogen) atoms. The van der Waals surface area contributed by atoms with E-state index in [0.717, 1.165) is 41.6 Å². The molecule has 2 rings (SSSR count). The predicted octanol–water partition coefficient (Wildman–Crippen LogP) is 2.05. The molecule has 0 aliphatic carbocycles. The van der Waals surface area contributed by atoms with Crippen LogP contribution in [-0.2, 0) is 13.0 Å². The van der Waals surface area contributed by atoms with Gasteiger partial charge in [0.1, 0.15) is 0 Å². The van der Waals surface area contributed by atoms with Crippen LogP contribution in [0.1, 0.15) is 21.5 Å². The van der Waals surface area contributed by atoms with E-state index in [1.807, 2.05) is 37.4 Å². The minimum atomic E-state index is -0.432. The normalized spacial score (nSPS) is 11.1. The Labute approximate surface area is 166 Å². The van der Waals surface area contributed by atoms with Gasteiger partial charge in [-0.05, 0) is 41.8 Å². The van der Waals surface area contributed by atoms with Gasteiger partial charge in [-0.2, -0.15) is 0 Å². The summed E-state index contributed by atoms with van der Waals surface area (Å²) >= 11 is 0. The number of nitrogens with one attached hydrogen (secondary N) is 1. The second-order valence-corrected chi connectivity index (χ2v) is 6.33. The van der Waals surface area contributed by atoms with Crippen molar-refractivity contribution in [2.75, 3.05) is 34.9 Å². The average molecular weight is 384 g/mol. The highest BCUT2D eigenvalue weighted by Crippen LogP contribution is 2.27. The van der Waals surface area contributed by atoms with Crippen LogP contribution in [0.2, 0.25) is 0 Å². The maximum atomic E-state index is 11.3. The molecule has 0 aliphatic rings. The Morgan fingerprint density at radius 2 is 1.86 bits per heavy atom. The third kappa shape index (κ3) is 5.64. The Balaban J connectivity index is 1.94. The van der Waals surface area contributed by atoms with Crippen LogP contribution in [0.25, 0.3) is 0 Å². The Morgan fingerprint density at radius 3 is 2.50 bits per heavy atom. The van der Waals surface area contributed by atoms with Crippen molar-refractivity contribution < 1.29 is 14.3 Å². The first kappa shape index (κ1) is 21.1. The third-order valence-corrected chi connectivity index (χ3v) is 4.42. The molecule has 0 fully saturated rings. The van der Waals surface area contributed by atoms with E-state index < -0.39 is 5.91 Å². The maximum absolute atomic E-state index is 11.3. The standard InChI is InChI=1S/C21H28N4O3/c1-23-21(24-14-16-6-5-7-17(12-16)20(22)26)25(2)11-10-15-8-9-18(27-3)19(13-15)28-4/h5-9,12-13H,10-11,14H2,1-4H3,(H2,22,26)(H,23,24). The summed E-state index contributed by atoms with van der Waals surface area (Å²) < 4.78 is 10.6. The summed E-state index contributed by atoms with van der Waals surface area (Å²) in [4.78, 5) is 17.7. The number of primary amides is 1. The molecule has 2 aromatic rings. The number of aliphatic imine (C=N–C) groups is 1. The maximum Gasteiger partial charge on any atom is 0.248 e. The lowest BCUT2D eigenvalue weighted by molar-refractivity contribution is 0.1000. The monoisotopic (exact) mass is 384 g/mol. The second kappa shape index (κ2) is 10.2. The van der Waals surface area contributed by atoms with E-state index in [2.05, 4.69) is 15.2 Å². The highest BCUT2D eigenvalue weighted by molar-refractivity contribution is 5.92. The molecule has 1 amide bonds. The number of nitrogens with zero attached hydrogens (tertiary/aromatic N) is 2. The molecule has 0 saturated carbocycles. The van der Waals surface area contributed by atoms with E-state index in [1.54, 1.807) is 33.4 Å². The first-order chi connectivity index (χ1) is 13.5. The van der Waals surface area contributed by atoms with Crippen LogP contribution >= 0.6 is 0 Å². The van der Waals surface area contributed by atoms with Crippen molar-refractivity contribution in [1.29, 1.82) is 0 Å². The number of benzene rings is 2. The molecular weight excluding hydrogens is 356 g/mol. The van der Waals surface area contributed by atoms with Gasteiger partial charge in [0, 0.05) is 32.7 Å².